The molecule has 10 heteroatoms. The fourth-order valence-corrected chi connectivity index (χ4v) is 4.04. The van der Waals surface area contributed by atoms with Crippen LogP contribution in [0, 0.1) is 5.82 Å². The number of benzene rings is 2. The zero-order chi connectivity index (χ0) is 23.1. The fraction of sp³-hybridized carbons (Fsp3) is 0.238. The molecule has 2 N–H and O–H groups in total. The highest BCUT2D eigenvalue weighted by atomic mass is 32.2. The highest BCUT2D eigenvalue weighted by Gasteiger charge is 2.25. The third kappa shape index (κ3) is 4.44. The lowest BCUT2D eigenvalue weighted by atomic mass is 10.0. The summed E-state index contributed by atoms with van der Waals surface area (Å²) in [5.74, 6) is -1.97. The van der Waals surface area contributed by atoms with Gasteiger partial charge < -0.3 is 9.84 Å². The summed E-state index contributed by atoms with van der Waals surface area (Å²) in [4.78, 5) is 23.8. The molecule has 0 aliphatic carbocycles. The molecular formula is C21H21FN2O6S. The maximum absolute atomic E-state index is 13.9. The Morgan fingerprint density at radius 3 is 2.39 bits per heavy atom. The van der Waals surface area contributed by atoms with Crippen molar-refractivity contribution in [1.82, 2.24) is 9.29 Å². The molecule has 31 heavy (non-hydrogen) atoms. The summed E-state index contributed by atoms with van der Waals surface area (Å²) in [5.41, 5.74) is -0.231. The molecule has 1 aromatic heterocycles. The maximum Gasteiger partial charge on any atom is 0.419 e. The number of nitrogens with zero attached hydrogens (tertiary/aromatic N) is 1. The molecule has 0 bridgehead atoms. The summed E-state index contributed by atoms with van der Waals surface area (Å²) < 4.78 is 47.3. The summed E-state index contributed by atoms with van der Waals surface area (Å²) in [6, 6.07) is 7.63. The number of halogens is 1. The Hall–Kier alpha value is -3.24. The normalized spacial score (nSPS) is 12.2. The van der Waals surface area contributed by atoms with Crippen molar-refractivity contribution in [3.63, 3.8) is 0 Å². The van der Waals surface area contributed by atoms with Gasteiger partial charge in [-0.1, -0.05) is 6.07 Å². The largest absolute Gasteiger partial charge is 0.478 e. The van der Waals surface area contributed by atoms with Gasteiger partial charge in [0.05, 0.1) is 16.0 Å². The van der Waals surface area contributed by atoms with Crippen LogP contribution in [0.5, 0.6) is 0 Å². The number of rotatable bonds is 4. The lowest BCUT2D eigenvalue weighted by molar-refractivity contribution is 0.0544. The molecule has 0 aliphatic rings. The van der Waals surface area contributed by atoms with E-state index in [1.807, 2.05) is 0 Å². The van der Waals surface area contributed by atoms with Crippen LogP contribution >= 0.6 is 0 Å². The van der Waals surface area contributed by atoms with Crippen LogP contribution in [0.25, 0.3) is 22.0 Å². The minimum Gasteiger partial charge on any atom is -0.478 e. The van der Waals surface area contributed by atoms with Crippen molar-refractivity contribution >= 4 is 33.0 Å². The van der Waals surface area contributed by atoms with E-state index < -0.39 is 44.0 Å². The number of nitrogens with one attached hydrogen (secondary N) is 1. The van der Waals surface area contributed by atoms with E-state index in [4.69, 9.17) is 4.74 Å². The van der Waals surface area contributed by atoms with Crippen LogP contribution in [0.4, 0.5) is 9.18 Å². The van der Waals surface area contributed by atoms with Crippen molar-refractivity contribution in [3.05, 3.63) is 54.0 Å². The SMILES string of the molecule is CNS(=O)(=O)c1cc(-c2cn(C(=O)OC(C)(C)C)c3cc(F)ccc23)ccc1C(=O)O. The van der Waals surface area contributed by atoms with E-state index in [9.17, 15) is 27.5 Å². The van der Waals surface area contributed by atoms with Crippen LogP contribution in [0.1, 0.15) is 31.1 Å². The van der Waals surface area contributed by atoms with E-state index in [-0.39, 0.29) is 5.52 Å². The van der Waals surface area contributed by atoms with Crippen molar-refractivity contribution < 1.29 is 32.2 Å². The molecule has 0 saturated heterocycles. The van der Waals surface area contributed by atoms with Crippen LogP contribution in [0.2, 0.25) is 0 Å². The second kappa shape index (κ2) is 7.78. The minimum absolute atomic E-state index is 0.226. The summed E-state index contributed by atoms with van der Waals surface area (Å²) in [5, 5.41) is 9.84. The zero-order valence-corrected chi connectivity index (χ0v) is 18.1. The van der Waals surface area contributed by atoms with Gasteiger partial charge in [-0.3, -0.25) is 4.57 Å². The third-order valence-electron chi connectivity index (χ3n) is 4.44. The van der Waals surface area contributed by atoms with Gasteiger partial charge in [-0.25, -0.2) is 27.1 Å². The number of hydrogen-bond donors (Lipinski definition) is 2. The second-order valence-electron chi connectivity index (χ2n) is 7.78. The quantitative estimate of drug-likeness (QED) is 0.627. The number of fused-ring (bicyclic) bond motifs is 1. The lowest BCUT2D eigenvalue weighted by Crippen LogP contribution is -2.26. The maximum atomic E-state index is 13.9. The first-order chi connectivity index (χ1) is 14.3. The van der Waals surface area contributed by atoms with E-state index in [1.54, 1.807) is 20.8 Å². The van der Waals surface area contributed by atoms with Crippen LogP contribution < -0.4 is 4.72 Å². The molecule has 0 spiro atoms. The standard InChI is InChI=1S/C21H21FN2O6S/c1-21(2,3)30-20(27)24-11-16(14-8-6-13(22)10-17(14)24)12-5-7-15(19(25)26)18(9-12)31(28,29)23-4/h5-11,23H,1-4H3,(H,25,26). The smallest absolute Gasteiger partial charge is 0.419 e. The average Bonchev–Trinajstić information content (AvgIpc) is 3.04. The Morgan fingerprint density at radius 2 is 1.81 bits per heavy atom. The van der Waals surface area contributed by atoms with E-state index >= 15 is 0 Å². The van der Waals surface area contributed by atoms with Crippen molar-refractivity contribution in [2.75, 3.05) is 7.05 Å². The number of carbonyl (C=O) groups excluding carboxylic acids is 1. The number of aromatic carboxylic acids is 1. The third-order valence-corrected chi connectivity index (χ3v) is 5.89. The first kappa shape index (κ1) is 22.4. The van der Waals surface area contributed by atoms with Gasteiger partial charge in [0.25, 0.3) is 0 Å². The Balaban J connectivity index is 2.28. The molecule has 2 aromatic carbocycles. The Morgan fingerprint density at radius 1 is 1.13 bits per heavy atom. The Bertz CT molecular complexity index is 1310. The van der Waals surface area contributed by atoms with Gasteiger partial charge in [-0.05, 0) is 63.7 Å². The predicted octanol–water partition coefficient (Wildman–Crippen LogP) is 3.84. The van der Waals surface area contributed by atoms with Gasteiger partial charge >= 0.3 is 12.1 Å². The molecule has 0 saturated carbocycles. The summed E-state index contributed by atoms with van der Waals surface area (Å²) >= 11 is 0. The molecule has 0 aliphatic heterocycles. The van der Waals surface area contributed by atoms with E-state index in [0.29, 0.717) is 16.5 Å². The minimum atomic E-state index is -4.09. The van der Waals surface area contributed by atoms with Crippen LogP contribution in [0.15, 0.2) is 47.5 Å². The van der Waals surface area contributed by atoms with Crippen LogP contribution in [0.3, 0.4) is 0 Å². The summed E-state index contributed by atoms with van der Waals surface area (Å²) in [6.45, 7) is 5.08. The summed E-state index contributed by atoms with van der Waals surface area (Å²) in [6.07, 6.45) is 0.670. The summed E-state index contributed by atoms with van der Waals surface area (Å²) in [7, 11) is -2.92. The van der Waals surface area contributed by atoms with Crippen LogP contribution in [-0.2, 0) is 14.8 Å². The molecule has 0 unspecified atom stereocenters. The molecule has 0 amide bonds. The van der Waals surface area contributed by atoms with Crippen LogP contribution in [-0.4, -0.2) is 42.8 Å². The monoisotopic (exact) mass is 448 g/mol. The highest BCUT2D eigenvalue weighted by molar-refractivity contribution is 7.89. The van der Waals surface area contributed by atoms with Gasteiger partial charge in [-0.15, -0.1) is 0 Å². The Labute approximate surface area is 178 Å². The molecule has 0 fully saturated rings. The van der Waals surface area contributed by atoms with E-state index in [2.05, 4.69) is 4.72 Å². The van der Waals surface area contributed by atoms with Gasteiger partial charge in [0.1, 0.15) is 11.4 Å². The van der Waals surface area contributed by atoms with Gasteiger partial charge in [-0.2, -0.15) is 0 Å². The van der Waals surface area contributed by atoms with Crippen molar-refractivity contribution in [1.29, 1.82) is 0 Å². The molecule has 164 valence electrons. The van der Waals surface area contributed by atoms with Gasteiger partial charge in [0.2, 0.25) is 10.0 Å². The molecule has 0 atom stereocenters. The first-order valence-electron chi connectivity index (χ1n) is 9.19. The first-order valence-corrected chi connectivity index (χ1v) is 10.7. The van der Waals surface area contributed by atoms with Crippen molar-refractivity contribution in [2.24, 2.45) is 0 Å². The number of carboxylic acids is 1. The van der Waals surface area contributed by atoms with Crippen molar-refractivity contribution in [2.45, 2.75) is 31.3 Å². The number of aromatic nitrogens is 1. The number of hydrogen-bond acceptors (Lipinski definition) is 5. The lowest BCUT2D eigenvalue weighted by Gasteiger charge is -2.19. The molecule has 3 aromatic rings. The second-order valence-corrected chi connectivity index (χ2v) is 9.63. The fourth-order valence-electron chi connectivity index (χ4n) is 3.09. The number of sulfonamides is 1. The number of carboxylic acid groups (broad SMARTS) is 1. The average molecular weight is 448 g/mol. The van der Waals surface area contributed by atoms with Crippen molar-refractivity contribution in [3.8, 4) is 11.1 Å². The number of carbonyl (C=O) groups is 2. The van der Waals surface area contributed by atoms with E-state index in [1.165, 1.54) is 49.6 Å². The topological polar surface area (TPSA) is 115 Å². The van der Waals surface area contributed by atoms with E-state index in [0.717, 1.165) is 4.57 Å². The number of ether oxygens (including phenoxy) is 1. The molecule has 3 rings (SSSR count). The predicted molar refractivity (Wildman–Crippen MR) is 112 cm³/mol. The molecular weight excluding hydrogens is 427 g/mol. The molecule has 8 nitrogen and oxygen atoms in total. The zero-order valence-electron chi connectivity index (χ0n) is 17.3. The van der Waals surface area contributed by atoms with Gasteiger partial charge in [0, 0.05) is 17.1 Å². The molecule has 0 radical (unpaired) electrons. The van der Waals surface area contributed by atoms with Gasteiger partial charge in [0.15, 0.2) is 0 Å². The Kier molecular flexibility index (Phi) is 5.64. The molecule has 1 heterocycles. The highest BCUT2D eigenvalue weighted by Crippen LogP contribution is 2.34.